The normalized spacial score (nSPS) is 11.8. The van der Waals surface area contributed by atoms with Gasteiger partial charge < -0.3 is 11.1 Å². The molecule has 3 aromatic carbocycles. The van der Waals surface area contributed by atoms with Crippen molar-refractivity contribution in [1.82, 2.24) is 24.1 Å². The van der Waals surface area contributed by atoms with Gasteiger partial charge in [-0.05, 0) is 35.4 Å². The third-order valence-corrected chi connectivity index (χ3v) is 10.5. The Morgan fingerprint density at radius 1 is 0.729 bits per heavy atom. The van der Waals surface area contributed by atoms with Gasteiger partial charge >= 0.3 is 0 Å². The Morgan fingerprint density at radius 2 is 1.29 bits per heavy atom. The number of nitrogens with two attached hydrogens (primary N) is 1. The van der Waals surface area contributed by atoms with Crippen LogP contribution in [0.15, 0.2) is 114 Å². The summed E-state index contributed by atoms with van der Waals surface area (Å²) in [4.78, 5) is 15.3. The third kappa shape index (κ3) is 10.5. The number of hydrogen-bond acceptors (Lipinski definition) is 6. The first-order chi connectivity index (χ1) is 28.2. The van der Waals surface area contributed by atoms with Crippen molar-refractivity contribution in [2.75, 3.05) is 0 Å². The summed E-state index contributed by atoms with van der Waals surface area (Å²) < 4.78 is 19.9. The first-order valence-corrected chi connectivity index (χ1v) is 21.5. The lowest BCUT2D eigenvalue weighted by atomic mass is 9.96. The maximum Gasteiger partial charge on any atom is 0.295 e. The lowest BCUT2D eigenvalue weighted by molar-refractivity contribution is -0.659. The van der Waals surface area contributed by atoms with Crippen LogP contribution in [0.5, 0.6) is 0 Å². The van der Waals surface area contributed by atoms with Gasteiger partial charge in [0.25, 0.3) is 5.82 Å². The summed E-state index contributed by atoms with van der Waals surface area (Å²) in [5.74, 6) is 3.46. The van der Waals surface area contributed by atoms with Crippen molar-refractivity contribution in [3.05, 3.63) is 126 Å². The first-order valence-electron chi connectivity index (χ1n) is 20.8. The quantitative estimate of drug-likeness (QED) is 0.0946. The van der Waals surface area contributed by atoms with E-state index in [9.17, 15) is 3.89 Å². The number of nitrogens with zero attached hydrogens (tertiary/aromatic N) is 6. The highest BCUT2D eigenvalue weighted by atomic mass is 32.2. The monoisotopic (exact) mass is 815 g/mol. The molecule has 0 saturated carbocycles. The van der Waals surface area contributed by atoms with Crippen LogP contribution in [0, 0.1) is 17.2 Å². The molecule has 0 unspecified atom stereocenters. The lowest BCUT2D eigenvalue weighted by Gasteiger charge is -2.21. The molecule has 6 rings (SSSR count). The minimum Gasteiger partial charge on any atom is -0.400 e. The summed E-state index contributed by atoms with van der Waals surface area (Å²) in [6.45, 7) is 25.1. The summed E-state index contributed by atoms with van der Waals surface area (Å²) in [6, 6.07) is 26.0. The highest BCUT2D eigenvalue weighted by Crippen LogP contribution is 2.37. The molecule has 10 heteroatoms. The molecule has 0 saturated heterocycles. The summed E-state index contributed by atoms with van der Waals surface area (Å²) >= 11 is 0.269. The predicted molar refractivity (Wildman–Crippen MR) is 246 cm³/mol. The maximum atomic E-state index is 13.8. The molecule has 0 aliphatic carbocycles. The number of imidazole rings is 2. The van der Waals surface area contributed by atoms with E-state index in [0.29, 0.717) is 16.5 Å². The molecule has 3 heterocycles. The molecule has 0 radical (unpaired) electrons. The van der Waals surface area contributed by atoms with Gasteiger partial charge in [0.2, 0.25) is 0 Å². The zero-order chi connectivity index (χ0) is 43.6. The molecule has 6 aromatic rings. The minimum atomic E-state index is 0.0860. The van der Waals surface area contributed by atoms with Gasteiger partial charge in [-0.3, -0.25) is 4.57 Å². The van der Waals surface area contributed by atoms with E-state index in [4.69, 9.17) is 21.1 Å². The molecule has 8 nitrogen and oxygen atoms in total. The fourth-order valence-electron chi connectivity index (χ4n) is 6.81. The van der Waals surface area contributed by atoms with Crippen molar-refractivity contribution in [2.45, 2.75) is 106 Å². The number of halogens is 1. The average molecular weight is 816 g/mol. The lowest BCUT2D eigenvalue weighted by Crippen LogP contribution is -2.29. The second-order valence-electron chi connectivity index (χ2n) is 15.9. The highest BCUT2D eigenvalue weighted by Gasteiger charge is 2.30. The van der Waals surface area contributed by atoms with E-state index >= 15 is 0 Å². The van der Waals surface area contributed by atoms with Crippen LogP contribution in [0.2, 0.25) is 0 Å². The van der Waals surface area contributed by atoms with Crippen molar-refractivity contribution in [2.24, 2.45) is 24.6 Å². The minimum absolute atomic E-state index is 0.0860. The van der Waals surface area contributed by atoms with Crippen molar-refractivity contribution >= 4 is 23.6 Å². The molecule has 3 aromatic heterocycles. The second kappa shape index (κ2) is 21.1. The molecule has 59 heavy (non-hydrogen) atoms. The van der Waals surface area contributed by atoms with Gasteiger partial charge in [0, 0.05) is 41.1 Å². The number of nitrogens with one attached hydrogen (secondary N) is 1. The second-order valence-corrected chi connectivity index (χ2v) is 16.5. The standard InChI is InChI=1S/C26H28FN4S.C21H30N4.C2H6/c1-17(2)22-24(23(18(3)4)29-25(28-22)19-11-7-6-8-12-19)31-16-15-30(5)26(31)20-13-9-10-14-21(20)32-27;1-13(2)16-9-7-8-10-17(16)21-24-11-12-25(21)20(18(22)14(3)4)19(23)15(5)6;1-2/h6-18H,1-5H3;7-15,22H,23H2,1-6H3;1-2H3/q+1;;/b;20-19+,22-18?;. The predicted octanol–water partition coefficient (Wildman–Crippen LogP) is 12.8. The van der Waals surface area contributed by atoms with Crippen LogP contribution in [0.3, 0.4) is 0 Å². The van der Waals surface area contributed by atoms with Crippen LogP contribution < -0.4 is 10.3 Å². The van der Waals surface area contributed by atoms with E-state index in [1.54, 1.807) is 12.3 Å². The molecule has 0 bridgehead atoms. The largest absolute Gasteiger partial charge is 0.400 e. The molecule has 0 aliphatic rings. The van der Waals surface area contributed by atoms with Crippen LogP contribution in [0.4, 0.5) is 3.89 Å². The van der Waals surface area contributed by atoms with Crippen molar-refractivity contribution in [3.8, 4) is 39.9 Å². The number of aryl methyl sites for hydroxylation is 1. The van der Waals surface area contributed by atoms with Crippen LogP contribution in [0.25, 0.3) is 45.5 Å². The third-order valence-electron chi connectivity index (χ3n) is 9.95. The Hall–Kier alpha value is -5.35. The Labute approximate surface area is 356 Å². The van der Waals surface area contributed by atoms with Crippen LogP contribution in [0.1, 0.15) is 118 Å². The number of rotatable bonds is 12. The van der Waals surface area contributed by atoms with Crippen molar-refractivity contribution in [3.63, 3.8) is 0 Å². The van der Waals surface area contributed by atoms with E-state index in [1.807, 2.05) is 117 Å². The zero-order valence-electron chi connectivity index (χ0n) is 37.2. The Kier molecular flexibility index (Phi) is 16.5. The van der Waals surface area contributed by atoms with E-state index in [1.165, 1.54) is 5.56 Å². The van der Waals surface area contributed by atoms with Crippen molar-refractivity contribution in [1.29, 1.82) is 5.41 Å². The number of aromatic nitrogens is 6. The molecule has 312 valence electrons. The topological polar surface area (TPSA) is 102 Å². The fraction of sp³-hybridized carbons (Fsp3) is 0.367. The van der Waals surface area contributed by atoms with Gasteiger partial charge in [-0.15, -0.1) is 0 Å². The van der Waals surface area contributed by atoms with Gasteiger partial charge in [-0.25, -0.2) is 19.5 Å². The Bertz CT molecular complexity index is 2300. The Morgan fingerprint density at radius 3 is 1.83 bits per heavy atom. The average Bonchev–Trinajstić information content (AvgIpc) is 3.88. The molecule has 0 amide bonds. The first kappa shape index (κ1) is 46.3. The summed E-state index contributed by atoms with van der Waals surface area (Å²) in [5.41, 5.74) is 15.5. The number of hydrogen-bond donors (Lipinski definition) is 2. The molecule has 0 spiro atoms. The van der Waals surface area contributed by atoms with E-state index in [-0.39, 0.29) is 35.8 Å². The smallest absolute Gasteiger partial charge is 0.295 e. The molecular weight excluding hydrogens is 752 g/mol. The molecular formula is C49H64FN8S+. The number of benzene rings is 3. The summed E-state index contributed by atoms with van der Waals surface area (Å²) in [7, 11) is 1.98. The molecule has 0 aliphatic heterocycles. The van der Waals surface area contributed by atoms with Crippen LogP contribution in [-0.4, -0.2) is 29.8 Å². The van der Waals surface area contributed by atoms with Gasteiger partial charge in [0.1, 0.15) is 18.2 Å². The number of allylic oxidation sites excluding steroid dienone is 2. The van der Waals surface area contributed by atoms with Crippen molar-refractivity contribution < 1.29 is 8.45 Å². The highest BCUT2D eigenvalue weighted by molar-refractivity contribution is 7.94. The fourth-order valence-corrected chi connectivity index (χ4v) is 7.19. The molecule has 0 atom stereocenters. The Balaban J connectivity index is 0.000000258. The van der Waals surface area contributed by atoms with Gasteiger partial charge in [-0.2, -0.15) is 8.45 Å². The SMILES string of the molecule is CC.CC(C)C(=N)/C(=C(\N)C(C)C)n1ccnc1-c1ccccc1C(C)C.CC(C)c1nc(-c2ccccc2)nc(C(C)C)c1-n1cc[n+](C)c1-c1ccccc1SF. The maximum absolute atomic E-state index is 13.8. The van der Waals surface area contributed by atoms with E-state index in [0.717, 1.165) is 62.6 Å². The zero-order valence-corrected chi connectivity index (χ0v) is 38.1. The van der Waals surface area contributed by atoms with Gasteiger partial charge in [0.15, 0.2) is 11.5 Å². The van der Waals surface area contributed by atoms with Gasteiger partial charge in [0.05, 0.1) is 52.5 Å². The summed E-state index contributed by atoms with van der Waals surface area (Å²) in [5, 5.41) is 8.61. The molecule has 0 fully saturated rings. The van der Waals surface area contributed by atoms with Gasteiger partial charge in [-0.1, -0.05) is 150 Å². The van der Waals surface area contributed by atoms with E-state index in [2.05, 4.69) is 83.1 Å². The van der Waals surface area contributed by atoms with Crippen LogP contribution in [-0.2, 0) is 7.05 Å². The van der Waals surface area contributed by atoms with E-state index < -0.39 is 0 Å². The summed E-state index contributed by atoms with van der Waals surface area (Å²) in [6.07, 6.45) is 7.71. The molecule has 3 N–H and O–H groups in total. The van der Waals surface area contributed by atoms with Crippen LogP contribution >= 0.6 is 12.1 Å².